The maximum atomic E-state index is 12.5. The summed E-state index contributed by atoms with van der Waals surface area (Å²) in [4.78, 5) is 19.3. The lowest BCUT2D eigenvalue weighted by Crippen LogP contribution is -2.51. The fourth-order valence-electron chi connectivity index (χ4n) is 6.37. The minimum atomic E-state index is 0.161. The van der Waals surface area contributed by atoms with Crippen LogP contribution < -0.4 is 5.32 Å². The number of para-hydroxylation sites is 1. The fraction of sp³-hybridized carbons (Fsp3) is 0.636. The van der Waals surface area contributed by atoms with Crippen LogP contribution in [0.15, 0.2) is 24.3 Å². The Bertz CT molecular complexity index is 777. The van der Waals surface area contributed by atoms with Crippen LogP contribution in [0.5, 0.6) is 0 Å². The molecule has 27 heavy (non-hydrogen) atoms. The highest BCUT2D eigenvalue weighted by Crippen LogP contribution is 2.59. The van der Waals surface area contributed by atoms with Gasteiger partial charge in [0.05, 0.1) is 23.3 Å². The Balaban J connectivity index is 1.14. The van der Waals surface area contributed by atoms with Crippen LogP contribution in [0.4, 0.5) is 0 Å². The maximum Gasteiger partial charge on any atom is 0.234 e. The Labute approximate surface area is 165 Å². The molecule has 0 atom stereocenters. The van der Waals surface area contributed by atoms with Gasteiger partial charge in [-0.3, -0.25) is 9.69 Å². The van der Waals surface area contributed by atoms with Gasteiger partial charge in [-0.05, 0) is 80.9 Å². The highest BCUT2D eigenvalue weighted by atomic mass is 32.1. The number of aromatic nitrogens is 1. The van der Waals surface area contributed by atoms with Crippen molar-refractivity contribution in [3.63, 3.8) is 0 Å². The van der Waals surface area contributed by atoms with Crippen LogP contribution in [0.1, 0.15) is 43.5 Å². The van der Waals surface area contributed by atoms with Crippen LogP contribution in [0.3, 0.4) is 0 Å². The third-order valence-corrected chi connectivity index (χ3v) is 8.00. The Morgan fingerprint density at radius 1 is 1.19 bits per heavy atom. The molecule has 1 aromatic heterocycles. The van der Waals surface area contributed by atoms with Gasteiger partial charge in [0.1, 0.15) is 5.01 Å². The molecule has 4 bridgehead atoms. The van der Waals surface area contributed by atoms with Crippen molar-refractivity contribution in [3.8, 4) is 0 Å². The van der Waals surface area contributed by atoms with Gasteiger partial charge >= 0.3 is 0 Å². The highest BCUT2D eigenvalue weighted by Gasteiger charge is 2.50. The summed E-state index contributed by atoms with van der Waals surface area (Å²) in [6.07, 6.45) is 8.41. The lowest BCUT2D eigenvalue weighted by Gasteiger charge is -2.56. The van der Waals surface area contributed by atoms with Crippen molar-refractivity contribution in [1.29, 1.82) is 0 Å². The number of hydrogen-bond donors (Lipinski definition) is 1. The first kappa shape index (κ1) is 17.6. The van der Waals surface area contributed by atoms with E-state index in [1.807, 2.05) is 25.2 Å². The van der Waals surface area contributed by atoms with Crippen LogP contribution in [-0.4, -0.2) is 35.9 Å². The molecule has 4 fully saturated rings. The first-order valence-corrected chi connectivity index (χ1v) is 11.2. The zero-order chi connectivity index (χ0) is 18.4. The Morgan fingerprint density at radius 2 is 1.85 bits per heavy atom. The van der Waals surface area contributed by atoms with E-state index in [-0.39, 0.29) is 5.91 Å². The third kappa shape index (κ3) is 3.64. The molecule has 144 valence electrons. The first-order chi connectivity index (χ1) is 13.1. The van der Waals surface area contributed by atoms with E-state index in [0.29, 0.717) is 12.0 Å². The zero-order valence-corrected chi connectivity index (χ0v) is 16.9. The van der Waals surface area contributed by atoms with E-state index >= 15 is 0 Å². The van der Waals surface area contributed by atoms with Gasteiger partial charge in [-0.1, -0.05) is 12.1 Å². The molecule has 0 spiro atoms. The summed E-state index contributed by atoms with van der Waals surface area (Å²) in [7, 11) is 2.01. The summed E-state index contributed by atoms with van der Waals surface area (Å²) in [6, 6.07) is 8.22. The second-order valence-electron chi connectivity index (χ2n) is 9.44. The number of fused-ring (bicyclic) bond motifs is 1. The predicted octanol–water partition coefficient (Wildman–Crippen LogP) is 4.06. The molecule has 0 aliphatic heterocycles. The summed E-state index contributed by atoms with van der Waals surface area (Å²) in [5.74, 6) is 2.98. The molecule has 1 amide bonds. The third-order valence-electron chi connectivity index (χ3n) is 6.98. The van der Waals surface area contributed by atoms with Crippen molar-refractivity contribution in [3.05, 3.63) is 29.3 Å². The topological polar surface area (TPSA) is 45.2 Å². The number of benzene rings is 1. The van der Waals surface area contributed by atoms with Gasteiger partial charge in [-0.25, -0.2) is 4.98 Å². The molecule has 0 unspecified atom stereocenters. The van der Waals surface area contributed by atoms with E-state index < -0.39 is 0 Å². The fourth-order valence-corrected chi connectivity index (χ4v) is 7.42. The van der Waals surface area contributed by atoms with Gasteiger partial charge in [-0.15, -0.1) is 11.3 Å². The standard InChI is InChI=1S/C22H29N3OS/c1-25(13-21-24-18-4-2-3-5-19(18)27-21)12-20(26)23-14-22-9-15-6-16(10-22)8-17(7-15)11-22/h2-5,15-17H,6-14H2,1H3,(H,23,26). The van der Waals surface area contributed by atoms with Crippen molar-refractivity contribution in [2.75, 3.05) is 20.1 Å². The number of nitrogens with zero attached hydrogens (tertiary/aromatic N) is 2. The van der Waals surface area contributed by atoms with Crippen molar-refractivity contribution in [1.82, 2.24) is 15.2 Å². The molecular weight excluding hydrogens is 354 g/mol. The van der Waals surface area contributed by atoms with Gasteiger partial charge in [0.2, 0.25) is 5.91 Å². The number of carbonyl (C=O) groups is 1. The second-order valence-corrected chi connectivity index (χ2v) is 10.6. The Hall–Kier alpha value is -1.46. The van der Waals surface area contributed by atoms with Gasteiger partial charge < -0.3 is 5.32 Å². The molecule has 6 rings (SSSR count). The number of rotatable bonds is 6. The Kier molecular flexibility index (Phi) is 4.47. The Morgan fingerprint density at radius 3 is 2.52 bits per heavy atom. The molecule has 4 aliphatic rings. The lowest BCUT2D eigenvalue weighted by molar-refractivity contribution is -0.124. The van der Waals surface area contributed by atoms with Crippen molar-refractivity contribution in [2.45, 2.75) is 45.1 Å². The highest BCUT2D eigenvalue weighted by molar-refractivity contribution is 7.18. The van der Waals surface area contributed by atoms with Crippen LogP contribution in [-0.2, 0) is 11.3 Å². The van der Waals surface area contributed by atoms with Gasteiger partial charge in [0, 0.05) is 6.54 Å². The molecule has 1 heterocycles. The number of thiazole rings is 1. The molecule has 5 heteroatoms. The summed E-state index contributed by atoms with van der Waals surface area (Å²) < 4.78 is 1.21. The minimum Gasteiger partial charge on any atom is -0.354 e. The molecule has 4 aliphatic carbocycles. The molecule has 4 nitrogen and oxygen atoms in total. The molecule has 2 aromatic rings. The predicted molar refractivity (Wildman–Crippen MR) is 110 cm³/mol. The van der Waals surface area contributed by atoms with Crippen molar-refractivity contribution in [2.24, 2.45) is 23.2 Å². The van der Waals surface area contributed by atoms with Crippen LogP contribution in [0, 0.1) is 23.2 Å². The van der Waals surface area contributed by atoms with E-state index in [1.165, 1.54) is 43.2 Å². The quantitative estimate of drug-likeness (QED) is 0.818. The normalized spacial score (nSPS) is 31.7. The van der Waals surface area contributed by atoms with Crippen molar-refractivity contribution >= 4 is 27.5 Å². The minimum absolute atomic E-state index is 0.161. The van der Waals surface area contributed by atoms with Gasteiger partial charge in [-0.2, -0.15) is 0 Å². The first-order valence-electron chi connectivity index (χ1n) is 10.4. The number of hydrogen-bond acceptors (Lipinski definition) is 4. The number of likely N-dealkylation sites (N-methyl/N-ethyl adjacent to an activating group) is 1. The molecule has 4 saturated carbocycles. The SMILES string of the molecule is CN(CC(=O)NCC12CC3CC(CC(C3)C1)C2)Cc1nc2ccccc2s1. The molecule has 0 radical (unpaired) electrons. The van der Waals surface area contributed by atoms with E-state index in [4.69, 9.17) is 0 Å². The van der Waals surface area contributed by atoms with E-state index in [2.05, 4.69) is 21.3 Å². The van der Waals surface area contributed by atoms with Gasteiger partial charge in [0.25, 0.3) is 0 Å². The average Bonchev–Trinajstić information content (AvgIpc) is 3.01. The van der Waals surface area contributed by atoms with Crippen LogP contribution in [0.25, 0.3) is 10.2 Å². The molecule has 1 N–H and O–H groups in total. The van der Waals surface area contributed by atoms with Crippen LogP contribution >= 0.6 is 11.3 Å². The number of amides is 1. The number of nitrogens with one attached hydrogen (secondary N) is 1. The van der Waals surface area contributed by atoms with E-state index in [0.717, 1.165) is 41.4 Å². The maximum absolute atomic E-state index is 12.5. The second kappa shape index (κ2) is 6.85. The molecular formula is C22H29N3OS. The summed E-state index contributed by atoms with van der Waals surface area (Å²) in [6.45, 7) is 2.07. The monoisotopic (exact) mass is 383 g/mol. The largest absolute Gasteiger partial charge is 0.354 e. The number of carbonyl (C=O) groups excluding carboxylic acids is 1. The van der Waals surface area contributed by atoms with Crippen LogP contribution in [0.2, 0.25) is 0 Å². The van der Waals surface area contributed by atoms with Crippen molar-refractivity contribution < 1.29 is 4.79 Å². The summed E-state index contributed by atoms with van der Waals surface area (Å²) >= 11 is 1.72. The van der Waals surface area contributed by atoms with E-state index in [1.54, 1.807) is 11.3 Å². The molecule has 1 aromatic carbocycles. The average molecular weight is 384 g/mol. The lowest BCUT2D eigenvalue weighted by atomic mass is 9.49. The van der Waals surface area contributed by atoms with Gasteiger partial charge in [0.15, 0.2) is 0 Å². The summed E-state index contributed by atoms with van der Waals surface area (Å²) in [5.41, 5.74) is 1.47. The molecule has 0 saturated heterocycles. The zero-order valence-electron chi connectivity index (χ0n) is 16.1. The summed E-state index contributed by atoms with van der Waals surface area (Å²) in [5, 5.41) is 4.36. The van der Waals surface area contributed by atoms with E-state index in [9.17, 15) is 4.79 Å². The smallest absolute Gasteiger partial charge is 0.234 e.